The summed E-state index contributed by atoms with van der Waals surface area (Å²) in [7, 11) is 0. The van der Waals surface area contributed by atoms with E-state index in [1.54, 1.807) is 35.0 Å². The van der Waals surface area contributed by atoms with Crippen LogP contribution in [0.5, 0.6) is 0 Å². The standard InChI is InChI=1S/C13H10N4O/c14-7-9-2-1-3-17(9)12-6-11-8(4-10(12)15)5-13(18)16-11/h1-4,6H,5,15H2,(H,16,18). The summed E-state index contributed by atoms with van der Waals surface area (Å²) in [5, 5.41) is 11.8. The molecule has 1 aliphatic heterocycles. The summed E-state index contributed by atoms with van der Waals surface area (Å²) in [4.78, 5) is 11.3. The highest BCUT2D eigenvalue weighted by Crippen LogP contribution is 2.31. The third kappa shape index (κ3) is 1.44. The summed E-state index contributed by atoms with van der Waals surface area (Å²) in [6.07, 6.45) is 2.13. The molecule has 0 unspecified atom stereocenters. The zero-order valence-electron chi connectivity index (χ0n) is 9.47. The maximum absolute atomic E-state index is 11.3. The van der Waals surface area contributed by atoms with Gasteiger partial charge in [-0.2, -0.15) is 5.26 Å². The molecule has 1 amide bonds. The van der Waals surface area contributed by atoms with Gasteiger partial charge in [0.1, 0.15) is 11.8 Å². The number of fused-ring (bicyclic) bond motifs is 1. The first-order valence-electron chi connectivity index (χ1n) is 5.49. The molecule has 0 saturated heterocycles. The number of benzene rings is 1. The van der Waals surface area contributed by atoms with Gasteiger partial charge in [-0.3, -0.25) is 4.79 Å². The summed E-state index contributed by atoms with van der Waals surface area (Å²) >= 11 is 0. The molecule has 3 N–H and O–H groups in total. The van der Waals surface area contributed by atoms with Crippen molar-refractivity contribution in [3.63, 3.8) is 0 Å². The summed E-state index contributed by atoms with van der Waals surface area (Å²) < 4.78 is 1.71. The minimum Gasteiger partial charge on any atom is -0.397 e. The zero-order valence-corrected chi connectivity index (χ0v) is 9.47. The predicted octanol–water partition coefficient (Wildman–Crippen LogP) is 1.43. The van der Waals surface area contributed by atoms with Crippen molar-refractivity contribution in [2.24, 2.45) is 0 Å². The number of aromatic nitrogens is 1. The van der Waals surface area contributed by atoms with Gasteiger partial charge in [-0.25, -0.2) is 0 Å². The van der Waals surface area contributed by atoms with Crippen LogP contribution < -0.4 is 11.1 Å². The quantitative estimate of drug-likeness (QED) is 0.737. The van der Waals surface area contributed by atoms with Crippen LogP contribution in [0.15, 0.2) is 30.5 Å². The Hall–Kier alpha value is -2.74. The van der Waals surface area contributed by atoms with Gasteiger partial charge in [-0.15, -0.1) is 0 Å². The molecule has 0 spiro atoms. The third-order valence-electron chi connectivity index (χ3n) is 3.00. The number of rotatable bonds is 1. The van der Waals surface area contributed by atoms with Gasteiger partial charge in [-0.1, -0.05) is 0 Å². The van der Waals surface area contributed by atoms with Gasteiger partial charge in [0.05, 0.1) is 17.8 Å². The van der Waals surface area contributed by atoms with E-state index in [-0.39, 0.29) is 5.91 Å². The van der Waals surface area contributed by atoms with Crippen LogP contribution in [-0.2, 0) is 11.2 Å². The Balaban J connectivity index is 2.18. The first-order valence-corrected chi connectivity index (χ1v) is 5.49. The van der Waals surface area contributed by atoms with Crippen molar-refractivity contribution < 1.29 is 4.79 Å². The van der Waals surface area contributed by atoms with Crippen molar-refractivity contribution in [1.82, 2.24) is 4.57 Å². The molecule has 0 aliphatic carbocycles. The molecule has 3 rings (SSSR count). The molecule has 5 nitrogen and oxygen atoms in total. The van der Waals surface area contributed by atoms with Crippen LogP contribution in [0.1, 0.15) is 11.3 Å². The van der Waals surface area contributed by atoms with Crippen LogP contribution >= 0.6 is 0 Å². The molecule has 0 bridgehead atoms. The van der Waals surface area contributed by atoms with Gasteiger partial charge in [0.15, 0.2) is 0 Å². The molecule has 5 heteroatoms. The second-order valence-electron chi connectivity index (χ2n) is 4.17. The molecule has 18 heavy (non-hydrogen) atoms. The lowest BCUT2D eigenvalue weighted by Gasteiger charge is -2.10. The second-order valence-corrected chi connectivity index (χ2v) is 4.17. The van der Waals surface area contributed by atoms with Gasteiger partial charge in [0, 0.05) is 11.9 Å². The summed E-state index contributed by atoms with van der Waals surface area (Å²) in [5.74, 6) is -0.0328. The highest BCUT2D eigenvalue weighted by Gasteiger charge is 2.20. The number of hydrogen-bond acceptors (Lipinski definition) is 3. The number of nitrogens with two attached hydrogens (primary N) is 1. The van der Waals surface area contributed by atoms with Gasteiger partial charge >= 0.3 is 0 Å². The van der Waals surface area contributed by atoms with Crippen LogP contribution in [0.25, 0.3) is 5.69 Å². The molecule has 0 atom stereocenters. The van der Waals surface area contributed by atoms with E-state index in [0.717, 1.165) is 11.3 Å². The minimum atomic E-state index is -0.0328. The average molecular weight is 238 g/mol. The third-order valence-corrected chi connectivity index (χ3v) is 3.00. The number of carbonyl (C=O) groups excluding carboxylic acids is 1. The number of nitrogens with one attached hydrogen (secondary N) is 1. The highest BCUT2D eigenvalue weighted by atomic mass is 16.1. The van der Waals surface area contributed by atoms with Crippen LogP contribution in [0.3, 0.4) is 0 Å². The fraction of sp³-hybridized carbons (Fsp3) is 0.0769. The Labute approximate surface area is 103 Å². The van der Waals surface area contributed by atoms with Crippen molar-refractivity contribution in [2.45, 2.75) is 6.42 Å². The number of hydrogen-bond donors (Lipinski definition) is 2. The Morgan fingerprint density at radius 3 is 3.06 bits per heavy atom. The number of carbonyl (C=O) groups is 1. The van der Waals surface area contributed by atoms with Crippen molar-refractivity contribution >= 4 is 17.3 Å². The molecular weight excluding hydrogens is 228 g/mol. The predicted molar refractivity (Wildman–Crippen MR) is 67.2 cm³/mol. The van der Waals surface area contributed by atoms with E-state index in [0.29, 0.717) is 23.5 Å². The van der Waals surface area contributed by atoms with Gasteiger partial charge in [0.25, 0.3) is 0 Å². The number of nitrogen functional groups attached to an aromatic ring is 1. The van der Waals surface area contributed by atoms with Crippen LogP contribution in [-0.4, -0.2) is 10.5 Å². The molecule has 1 aromatic heterocycles. The maximum atomic E-state index is 11.3. The molecule has 88 valence electrons. The first-order chi connectivity index (χ1) is 8.69. The summed E-state index contributed by atoms with van der Waals surface area (Å²) in [6, 6.07) is 9.18. The van der Waals surface area contributed by atoms with Crippen molar-refractivity contribution in [2.75, 3.05) is 11.1 Å². The molecule has 2 heterocycles. The molecule has 0 saturated carbocycles. The number of anilines is 2. The van der Waals surface area contributed by atoms with E-state index in [1.165, 1.54) is 0 Å². The van der Waals surface area contributed by atoms with E-state index in [4.69, 9.17) is 11.0 Å². The van der Waals surface area contributed by atoms with E-state index in [2.05, 4.69) is 11.4 Å². The number of nitrogens with zero attached hydrogens (tertiary/aromatic N) is 2. The maximum Gasteiger partial charge on any atom is 0.228 e. The van der Waals surface area contributed by atoms with Crippen molar-refractivity contribution in [1.29, 1.82) is 5.26 Å². The van der Waals surface area contributed by atoms with Crippen LogP contribution in [0.4, 0.5) is 11.4 Å². The second kappa shape index (κ2) is 3.64. The fourth-order valence-corrected chi connectivity index (χ4v) is 2.17. The summed E-state index contributed by atoms with van der Waals surface area (Å²) in [6.45, 7) is 0. The smallest absolute Gasteiger partial charge is 0.228 e. The zero-order chi connectivity index (χ0) is 12.7. The Bertz CT molecular complexity index is 694. The Morgan fingerprint density at radius 2 is 2.28 bits per heavy atom. The lowest BCUT2D eigenvalue weighted by molar-refractivity contribution is -0.115. The number of nitriles is 1. The molecule has 0 radical (unpaired) electrons. The largest absolute Gasteiger partial charge is 0.397 e. The van der Waals surface area contributed by atoms with E-state index >= 15 is 0 Å². The Morgan fingerprint density at radius 1 is 1.44 bits per heavy atom. The molecular formula is C13H10N4O. The van der Waals surface area contributed by atoms with Crippen molar-refractivity contribution in [3.05, 3.63) is 41.7 Å². The molecule has 2 aromatic rings. The SMILES string of the molecule is N#Cc1cccn1-c1cc2c(cc1N)CC(=O)N2. The topological polar surface area (TPSA) is 83.8 Å². The van der Waals surface area contributed by atoms with Gasteiger partial charge in [0.2, 0.25) is 5.91 Å². The van der Waals surface area contributed by atoms with Crippen molar-refractivity contribution in [3.8, 4) is 11.8 Å². The molecule has 1 aliphatic rings. The fourth-order valence-electron chi connectivity index (χ4n) is 2.17. The monoisotopic (exact) mass is 238 g/mol. The van der Waals surface area contributed by atoms with Crippen LogP contribution in [0, 0.1) is 11.3 Å². The lowest BCUT2D eigenvalue weighted by Crippen LogP contribution is -2.04. The van der Waals surface area contributed by atoms with E-state index in [9.17, 15) is 4.79 Å². The summed E-state index contributed by atoms with van der Waals surface area (Å²) in [5.41, 5.74) is 9.41. The first kappa shape index (κ1) is 10.4. The molecule has 0 fully saturated rings. The Kier molecular flexibility index (Phi) is 2.10. The molecule has 1 aromatic carbocycles. The number of amides is 1. The van der Waals surface area contributed by atoms with E-state index < -0.39 is 0 Å². The van der Waals surface area contributed by atoms with Gasteiger partial charge in [-0.05, 0) is 29.8 Å². The van der Waals surface area contributed by atoms with Crippen LogP contribution in [0.2, 0.25) is 0 Å². The average Bonchev–Trinajstić information content (AvgIpc) is 2.92. The van der Waals surface area contributed by atoms with Gasteiger partial charge < -0.3 is 15.6 Å². The van der Waals surface area contributed by atoms with E-state index in [1.807, 2.05) is 0 Å². The highest BCUT2D eigenvalue weighted by molar-refractivity contribution is 6.00. The normalized spacial score (nSPS) is 12.9. The minimum absolute atomic E-state index is 0.0328. The lowest BCUT2D eigenvalue weighted by atomic mass is 10.1.